The third-order valence-corrected chi connectivity index (χ3v) is 6.90. The summed E-state index contributed by atoms with van der Waals surface area (Å²) >= 11 is 1.49. The van der Waals surface area contributed by atoms with E-state index in [-0.39, 0.29) is 25.2 Å². The number of hydrogen-bond donors (Lipinski definition) is 0. The number of thioether (sulfide) groups is 1. The molecule has 9 heteroatoms. The van der Waals surface area contributed by atoms with Crippen LogP contribution in [0, 0.1) is 11.3 Å². The van der Waals surface area contributed by atoms with Crippen LogP contribution in [0.15, 0.2) is 53.8 Å². The molecule has 3 rings (SSSR count). The largest absolute Gasteiger partial charge is 0.490 e. The molecule has 232 valence electrons. The Morgan fingerprint density at radius 3 is 2.28 bits per heavy atom. The van der Waals surface area contributed by atoms with Gasteiger partial charge in [0.15, 0.2) is 5.16 Å². The zero-order valence-electron chi connectivity index (χ0n) is 26.9. The molecule has 0 amide bonds. The summed E-state index contributed by atoms with van der Waals surface area (Å²) in [6.45, 7) is 16.3. The Kier molecular flexibility index (Phi) is 14.0. The maximum absolute atomic E-state index is 11.8. The molecular weight excluding hydrogens is 562 g/mol. The fraction of sp³-hybridized carbons (Fsp3) is 0.471. The van der Waals surface area contributed by atoms with E-state index in [2.05, 4.69) is 36.0 Å². The molecule has 43 heavy (non-hydrogen) atoms. The summed E-state index contributed by atoms with van der Waals surface area (Å²) < 4.78 is 22.6. The van der Waals surface area contributed by atoms with Gasteiger partial charge in [0.05, 0.1) is 17.9 Å². The maximum Gasteiger partial charge on any atom is 0.332 e. The van der Waals surface area contributed by atoms with Crippen LogP contribution in [0.4, 0.5) is 0 Å². The first-order chi connectivity index (χ1) is 20.5. The van der Waals surface area contributed by atoms with Gasteiger partial charge in [-0.3, -0.25) is 0 Å². The van der Waals surface area contributed by atoms with Crippen LogP contribution in [0.1, 0.15) is 83.3 Å². The van der Waals surface area contributed by atoms with Gasteiger partial charge in [-0.15, -0.1) is 0 Å². The normalized spacial score (nSPS) is 11.2. The average molecular weight is 608 g/mol. The molecule has 1 heterocycles. The summed E-state index contributed by atoms with van der Waals surface area (Å²) in [4.78, 5) is 20.5. The minimum Gasteiger partial charge on any atom is -0.490 e. The van der Waals surface area contributed by atoms with Crippen molar-refractivity contribution in [3.8, 4) is 17.6 Å². The van der Waals surface area contributed by atoms with Crippen molar-refractivity contribution >= 4 is 17.7 Å². The van der Waals surface area contributed by atoms with Crippen molar-refractivity contribution in [2.24, 2.45) is 0 Å². The molecule has 0 bridgehead atoms. The minimum atomic E-state index is -0.559. The van der Waals surface area contributed by atoms with Crippen LogP contribution < -0.4 is 9.47 Å². The number of benzene rings is 2. The molecule has 0 saturated carbocycles. The van der Waals surface area contributed by atoms with E-state index in [9.17, 15) is 10.1 Å². The van der Waals surface area contributed by atoms with Gasteiger partial charge in [-0.1, -0.05) is 64.6 Å². The molecular formula is C34H45N3O5S. The van der Waals surface area contributed by atoms with Crippen LogP contribution in [0.25, 0.3) is 0 Å². The smallest absolute Gasteiger partial charge is 0.332 e. The molecule has 1 aromatic heterocycles. The van der Waals surface area contributed by atoms with Crippen molar-refractivity contribution in [1.82, 2.24) is 9.97 Å². The maximum atomic E-state index is 11.8. The minimum absolute atomic E-state index is 0.150. The Morgan fingerprint density at radius 2 is 1.67 bits per heavy atom. The SMILES string of the molecule is CC.CCc1cc(C(C)(C)c2ccc(OCc3ccnc(SC)n3)cc2)cc(C#N)c1OCCOCC(=O)OC(C)(C)C. The second-order valence-electron chi connectivity index (χ2n) is 10.9. The van der Waals surface area contributed by atoms with Crippen molar-refractivity contribution in [1.29, 1.82) is 5.26 Å². The topological polar surface area (TPSA) is 104 Å². The number of hydrogen-bond acceptors (Lipinski definition) is 9. The van der Waals surface area contributed by atoms with E-state index < -0.39 is 11.6 Å². The quantitative estimate of drug-likeness (QED) is 0.0857. The first kappa shape index (κ1) is 35.6. The fourth-order valence-corrected chi connectivity index (χ4v) is 4.52. The highest BCUT2D eigenvalue weighted by Gasteiger charge is 2.26. The van der Waals surface area contributed by atoms with E-state index in [0.29, 0.717) is 29.5 Å². The molecule has 0 aliphatic carbocycles. The monoisotopic (exact) mass is 607 g/mol. The number of aromatic nitrogens is 2. The molecule has 0 aliphatic rings. The van der Waals surface area contributed by atoms with Gasteiger partial charge in [-0.2, -0.15) is 5.26 Å². The molecule has 0 fully saturated rings. The van der Waals surface area contributed by atoms with Gasteiger partial charge in [-0.05, 0) is 74.4 Å². The van der Waals surface area contributed by atoms with Gasteiger partial charge in [0.25, 0.3) is 0 Å². The summed E-state index contributed by atoms with van der Waals surface area (Å²) in [5.74, 6) is 0.873. The standard InChI is InChI=1S/C32H39N3O5S.C2H6/c1-8-22-17-25(18-23(19-33)29(22)38-16-15-37-21-28(36)40-31(2,3)4)32(5,6)24-9-11-27(12-10-24)39-20-26-13-14-34-30(35-26)41-7;1-2/h9-14,17-18H,8,15-16,20-21H2,1-7H3;1-2H3. The van der Waals surface area contributed by atoms with Gasteiger partial charge >= 0.3 is 5.97 Å². The van der Waals surface area contributed by atoms with Gasteiger partial charge in [0.2, 0.25) is 0 Å². The predicted molar refractivity (Wildman–Crippen MR) is 171 cm³/mol. The van der Waals surface area contributed by atoms with Gasteiger partial charge in [0, 0.05) is 11.6 Å². The number of aryl methyl sites for hydroxylation is 1. The predicted octanol–water partition coefficient (Wildman–Crippen LogP) is 7.30. The van der Waals surface area contributed by atoms with E-state index >= 15 is 0 Å². The number of nitriles is 1. The van der Waals surface area contributed by atoms with Crippen LogP contribution in [-0.4, -0.2) is 47.6 Å². The molecule has 0 spiro atoms. The first-order valence-corrected chi connectivity index (χ1v) is 15.8. The molecule has 0 aliphatic heterocycles. The van der Waals surface area contributed by atoms with Gasteiger partial charge < -0.3 is 18.9 Å². The lowest BCUT2D eigenvalue weighted by Crippen LogP contribution is -2.27. The van der Waals surface area contributed by atoms with E-state index in [1.54, 1.807) is 6.20 Å². The molecule has 0 saturated heterocycles. The Bertz CT molecular complexity index is 1360. The van der Waals surface area contributed by atoms with Crippen LogP contribution >= 0.6 is 11.8 Å². The first-order valence-electron chi connectivity index (χ1n) is 14.6. The lowest BCUT2D eigenvalue weighted by atomic mass is 9.77. The third-order valence-electron chi connectivity index (χ3n) is 6.34. The lowest BCUT2D eigenvalue weighted by molar-refractivity contribution is -0.160. The fourth-order valence-electron chi connectivity index (χ4n) is 4.14. The summed E-state index contributed by atoms with van der Waals surface area (Å²) in [6.07, 6.45) is 4.37. The number of carbonyl (C=O) groups excluding carboxylic acids is 1. The molecule has 0 unspecified atom stereocenters. The van der Waals surface area contributed by atoms with Gasteiger partial charge in [-0.25, -0.2) is 14.8 Å². The van der Waals surface area contributed by atoms with E-state index in [1.165, 1.54) is 11.8 Å². The molecule has 2 aromatic carbocycles. The second-order valence-corrected chi connectivity index (χ2v) is 11.7. The Hall–Kier alpha value is -3.61. The lowest BCUT2D eigenvalue weighted by Gasteiger charge is -2.28. The van der Waals surface area contributed by atoms with Crippen molar-refractivity contribution in [2.75, 3.05) is 26.1 Å². The van der Waals surface area contributed by atoms with Crippen molar-refractivity contribution in [3.63, 3.8) is 0 Å². The van der Waals surface area contributed by atoms with Crippen molar-refractivity contribution in [2.45, 2.75) is 84.6 Å². The second kappa shape index (κ2) is 16.9. The molecule has 8 nitrogen and oxygen atoms in total. The Labute approximate surface area is 261 Å². The third kappa shape index (κ3) is 10.9. The van der Waals surface area contributed by atoms with E-state index in [1.807, 2.05) is 84.2 Å². The highest BCUT2D eigenvalue weighted by atomic mass is 32.2. The summed E-state index contributed by atoms with van der Waals surface area (Å²) in [7, 11) is 0. The molecule has 0 atom stereocenters. The van der Waals surface area contributed by atoms with Gasteiger partial charge in [0.1, 0.15) is 43.0 Å². The van der Waals surface area contributed by atoms with Crippen molar-refractivity contribution < 1.29 is 23.7 Å². The van der Waals surface area contributed by atoms with Crippen LogP contribution in [0.3, 0.4) is 0 Å². The number of rotatable bonds is 13. The number of ether oxygens (including phenoxy) is 4. The number of esters is 1. The summed E-state index contributed by atoms with van der Waals surface area (Å²) in [6, 6.07) is 16.1. The Balaban J connectivity index is 0.00000316. The zero-order chi connectivity index (χ0) is 32.0. The summed E-state index contributed by atoms with van der Waals surface area (Å²) in [5.41, 5.74) is 3.40. The average Bonchev–Trinajstić information content (AvgIpc) is 3.00. The van der Waals surface area contributed by atoms with Crippen molar-refractivity contribution in [3.05, 3.63) is 76.6 Å². The van der Waals surface area contributed by atoms with Crippen LogP contribution in [0.5, 0.6) is 11.5 Å². The highest BCUT2D eigenvalue weighted by molar-refractivity contribution is 7.98. The molecule has 0 N–H and O–H groups in total. The van der Waals surface area contributed by atoms with Crippen LogP contribution in [-0.2, 0) is 32.7 Å². The molecule has 3 aromatic rings. The van der Waals surface area contributed by atoms with Crippen LogP contribution in [0.2, 0.25) is 0 Å². The zero-order valence-corrected chi connectivity index (χ0v) is 27.8. The van der Waals surface area contributed by atoms with E-state index in [0.717, 1.165) is 28.1 Å². The number of nitrogens with zero attached hydrogens (tertiary/aromatic N) is 3. The number of carbonyl (C=O) groups is 1. The Morgan fingerprint density at radius 1 is 0.977 bits per heavy atom. The highest BCUT2D eigenvalue weighted by Crippen LogP contribution is 2.37. The molecule has 0 radical (unpaired) electrons. The summed E-state index contributed by atoms with van der Waals surface area (Å²) in [5, 5.41) is 10.7. The van der Waals surface area contributed by atoms with E-state index in [4.69, 9.17) is 18.9 Å².